The van der Waals surface area contributed by atoms with Gasteiger partial charge in [0.2, 0.25) is 5.95 Å². The third-order valence-corrected chi connectivity index (χ3v) is 5.00. The average molecular weight is 361 g/mol. The zero-order valence-electron chi connectivity index (χ0n) is 14.3. The number of hydrogen-bond acceptors (Lipinski definition) is 5. The smallest absolute Gasteiger partial charge is 0.227 e. The fourth-order valence-electron chi connectivity index (χ4n) is 1.86. The number of nitrogens with zero attached hydrogens (tertiary/aromatic N) is 3. The van der Waals surface area contributed by atoms with Crippen molar-refractivity contribution in [3.05, 3.63) is 58.0 Å². The van der Waals surface area contributed by atoms with Gasteiger partial charge < -0.3 is 5.32 Å². The molecule has 126 valence electrons. The van der Waals surface area contributed by atoms with E-state index in [1.165, 1.54) is 15.4 Å². The molecule has 2 heterocycles. The zero-order valence-corrected chi connectivity index (χ0v) is 15.9. The number of nitrogens with one attached hydrogen (secondary N) is 1. The second-order valence-corrected chi connectivity index (χ2v) is 6.87. The lowest BCUT2D eigenvalue weighted by molar-refractivity contribution is 1.09. The Kier molecular flexibility index (Phi) is 6.82. The molecule has 0 saturated carbocycles. The lowest BCUT2D eigenvalue weighted by atomic mass is 10.2. The first-order chi connectivity index (χ1) is 11.5. The fraction of sp³-hybridized carbons (Fsp3) is 0.278. The summed E-state index contributed by atoms with van der Waals surface area (Å²) in [6.07, 6.45) is 6.51. The fourth-order valence-corrected chi connectivity index (χ4v) is 2.95. The van der Waals surface area contributed by atoms with Gasteiger partial charge in [0.25, 0.3) is 0 Å². The minimum Gasteiger partial charge on any atom is -0.323 e. The summed E-state index contributed by atoms with van der Waals surface area (Å²) in [6.45, 7) is 8.44. The van der Waals surface area contributed by atoms with Gasteiger partial charge in [-0.1, -0.05) is 41.9 Å². The Bertz CT molecular complexity index is 754. The summed E-state index contributed by atoms with van der Waals surface area (Å²) < 4.78 is 0. The summed E-state index contributed by atoms with van der Waals surface area (Å²) in [5, 5.41) is 3.62. The van der Waals surface area contributed by atoms with Gasteiger partial charge in [-0.25, -0.2) is 15.0 Å². The second-order valence-electron chi connectivity index (χ2n) is 5.22. The maximum Gasteiger partial charge on any atom is 0.227 e. The summed E-state index contributed by atoms with van der Waals surface area (Å²) in [4.78, 5) is 15.4. The van der Waals surface area contributed by atoms with Crippen molar-refractivity contribution in [2.24, 2.45) is 0 Å². The first-order valence-electron chi connectivity index (χ1n) is 7.76. The molecule has 4 nitrogen and oxygen atoms in total. The third-order valence-electron chi connectivity index (χ3n) is 3.46. The quantitative estimate of drug-likeness (QED) is 0.634. The number of pyridine rings is 1. The first kappa shape index (κ1) is 18.5. The number of halogens is 1. The largest absolute Gasteiger partial charge is 0.323 e. The van der Waals surface area contributed by atoms with Gasteiger partial charge in [0.05, 0.1) is 17.6 Å². The highest BCUT2D eigenvalue weighted by Crippen LogP contribution is 2.36. The van der Waals surface area contributed by atoms with Crippen LogP contribution in [0, 0.1) is 0 Å². The molecule has 2 rings (SSSR count). The molecule has 0 aliphatic rings. The maximum atomic E-state index is 5.81. The van der Waals surface area contributed by atoms with Crippen LogP contribution in [-0.4, -0.2) is 15.0 Å². The molecule has 0 aliphatic carbocycles. The summed E-state index contributed by atoms with van der Waals surface area (Å²) in [6, 6.07) is 5.51. The number of hydrogen-bond donors (Lipinski definition) is 1. The van der Waals surface area contributed by atoms with E-state index in [-0.39, 0.29) is 0 Å². The normalized spacial score (nSPS) is 12.8. The van der Waals surface area contributed by atoms with E-state index in [0.29, 0.717) is 11.1 Å². The highest BCUT2D eigenvalue weighted by molar-refractivity contribution is 8.11. The molecule has 0 amide bonds. The van der Waals surface area contributed by atoms with E-state index in [1.807, 2.05) is 19.1 Å². The van der Waals surface area contributed by atoms with Gasteiger partial charge in [-0.3, -0.25) is 0 Å². The predicted octanol–water partition coefficient (Wildman–Crippen LogP) is 6.07. The minimum atomic E-state index is 0.456. The van der Waals surface area contributed by atoms with Crippen LogP contribution in [0.1, 0.15) is 39.8 Å². The zero-order chi connectivity index (χ0) is 17.5. The van der Waals surface area contributed by atoms with E-state index in [0.717, 1.165) is 17.8 Å². The number of allylic oxidation sites excluding steroid dienone is 3. The summed E-state index contributed by atoms with van der Waals surface area (Å²) >= 11 is 7.55. The van der Waals surface area contributed by atoms with Crippen molar-refractivity contribution in [2.75, 3.05) is 5.32 Å². The highest BCUT2D eigenvalue weighted by Gasteiger charge is 2.10. The molecule has 0 fully saturated rings. The molecule has 0 aromatic carbocycles. The Labute approximate surface area is 152 Å². The summed E-state index contributed by atoms with van der Waals surface area (Å²) in [5.41, 5.74) is 3.02. The van der Waals surface area contributed by atoms with E-state index in [4.69, 9.17) is 11.6 Å². The Balaban J connectivity index is 2.31. The van der Waals surface area contributed by atoms with Crippen molar-refractivity contribution in [3.8, 4) is 0 Å². The van der Waals surface area contributed by atoms with E-state index in [1.54, 1.807) is 30.2 Å². The molecule has 2 aromatic rings. The van der Waals surface area contributed by atoms with Gasteiger partial charge >= 0.3 is 0 Å². The van der Waals surface area contributed by atoms with Crippen LogP contribution in [0.15, 0.2) is 47.1 Å². The molecule has 24 heavy (non-hydrogen) atoms. The number of anilines is 2. The molecular formula is C18H21ClN4S. The molecule has 0 bridgehead atoms. The molecule has 0 unspecified atom stereocenters. The Hall–Kier alpha value is -1.85. The lowest BCUT2D eigenvalue weighted by Gasteiger charge is -2.12. The van der Waals surface area contributed by atoms with Gasteiger partial charge in [-0.05, 0) is 50.3 Å². The van der Waals surface area contributed by atoms with Crippen LogP contribution >= 0.6 is 23.4 Å². The van der Waals surface area contributed by atoms with E-state index in [2.05, 4.69) is 47.1 Å². The van der Waals surface area contributed by atoms with E-state index in [9.17, 15) is 0 Å². The van der Waals surface area contributed by atoms with Crippen molar-refractivity contribution < 1.29 is 0 Å². The van der Waals surface area contributed by atoms with E-state index < -0.39 is 0 Å². The Morgan fingerprint density at radius 2 is 2.04 bits per heavy atom. The van der Waals surface area contributed by atoms with Crippen molar-refractivity contribution in [3.63, 3.8) is 0 Å². The summed E-state index contributed by atoms with van der Waals surface area (Å²) in [5.74, 6) is 0.539. The number of aromatic nitrogens is 3. The molecule has 6 heteroatoms. The monoisotopic (exact) mass is 360 g/mol. The maximum absolute atomic E-state index is 5.81. The van der Waals surface area contributed by atoms with Gasteiger partial charge in [0.1, 0.15) is 5.15 Å². The van der Waals surface area contributed by atoms with Gasteiger partial charge in [0, 0.05) is 11.1 Å². The van der Waals surface area contributed by atoms with Crippen LogP contribution in [0.2, 0.25) is 5.15 Å². The van der Waals surface area contributed by atoms with Crippen LogP contribution in [0.5, 0.6) is 0 Å². The van der Waals surface area contributed by atoms with Crippen LogP contribution in [0.3, 0.4) is 0 Å². The molecule has 2 aromatic heterocycles. The van der Waals surface area contributed by atoms with Gasteiger partial charge in [-0.2, -0.15) is 0 Å². The average Bonchev–Trinajstić information content (AvgIpc) is 2.61. The van der Waals surface area contributed by atoms with Crippen molar-refractivity contribution in [1.82, 2.24) is 15.0 Å². The molecule has 0 radical (unpaired) electrons. The second kappa shape index (κ2) is 8.85. The third kappa shape index (κ3) is 5.08. The molecule has 0 atom stereocenters. The first-order valence-corrected chi connectivity index (χ1v) is 8.95. The van der Waals surface area contributed by atoms with Crippen molar-refractivity contribution in [1.29, 1.82) is 0 Å². The van der Waals surface area contributed by atoms with Crippen LogP contribution in [0.25, 0.3) is 4.91 Å². The van der Waals surface area contributed by atoms with Crippen molar-refractivity contribution in [2.45, 2.75) is 34.1 Å². The number of rotatable bonds is 6. The van der Waals surface area contributed by atoms with Gasteiger partial charge in [-0.15, -0.1) is 0 Å². The summed E-state index contributed by atoms with van der Waals surface area (Å²) in [7, 11) is 0. The topological polar surface area (TPSA) is 50.7 Å². The lowest BCUT2D eigenvalue weighted by Crippen LogP contribution is -2.00. The predicted molar refractivity (Wildman–Crippen MR) is 104 cm³/mol. The minimum absolute atomic E-state index is 0.456. The molecule has 0 spiro atoms. The van der Waals surface area contributed by atoms with Crippen LogP contribution < -0.4 is 5.32 Å². The molecule has 1 N–H and O–H groups in total. The molecule has 0 aliphatic heterocycles. The van der Waals surface area contributed by atoms with Gasteiger partial charge in [0.15, 0.2) is 0 Å². The Morgan fingerprint density at radius 1 is 1.25 bits per heavy atom. The van der Waals surface area contributed by atoms with E-state index >= 15 is 0 Å². The SMILES string of the molecule is CC=C(C)S/C(=C(/C)CC)c1ccnc(Nc2ccc(Cl)nc2)n1. The molecular weight excluding hydrogens is 340 g/mol. The van der Waals surface area contributed by atoms with Crippen LogP contribution in [-0.2, 0) is 0 Å². The highest BCUT2D eigenvalue weighted by atomic mass is 35.5. The van der Waals surface area contributed by atoms with Crippen LogP contribution in [0.4, 0.5) is 11.6 Å². The number of thioether (sulfide) groups is 1. The van der Waals surface area contributed by atoms with Crippen molar-refractivity contribution >= 4 is 39.9 Å². The Morgan fingerprint density at radius 3 is 2.67 bits per heavy atom. The standard InChI is InChI=1S/C18H21ClN4S/c1-5-12(3)17(24-13(4)6-2)15-9-10-20-18(23-15)22-14-7-8-16(19)21-11-14/h6-11H,5H2,1-4H3,(H,20,22,23)/b13-6?,17-12-. The molecule has 0 saturated heterocycles.